The number of hydrogen-bond donors (Lipinski definition) is 0. The summed E-state index contributed by atoms with van der Waals surface area (Å²) in [6, 6.07) is 39.3. The zero-order valence-corrected chi connectivity index (χ0v) is 28.3. The molecule has 46 heavy (non-hydrogen) atoms. The van der Waals surface area contributed by atoms with Crippen molar-refractivity contribution in [2.75, 3.05) is 0 Å². The first kappa shape index (κ1) is 31.0. The molecular formula is C40H30IrN4O-2. The van der Waals surface area contributed by atoms with Crippen molar-refractivity contribution in [2.45, 2.75) is 27.7 Å². The van der Waals surface area contributed by atoms with E-state index in [1.54, 1.807) is 0 Å². The minimum atomic E-state index is 0. The molecule has 0 spiro atoms. The topological polar surface area (TPSA) is 64.7 Å². The first-order chi connectivity index (χ1) is 21.9. The molecule has 0 atom stereocenters. The van der Waals surface area contributed by atoms with Crippen LogP contribution in [0.1, 0.15) is 22.5 Å². The summed E-state index contributed by atoms with van der Waals surface area (Å²) in [7, 11) is 0. The van der Waals surface area contributed by atoms with Crippen LogP contribution in [0.2, 0.25) is 0 Å². The van der Waals surface area contributed by atoms with Crippen LogP contribution in [0.25, 0.3) is 66.6 Å². The second kappa shape index (κ2) is 13.1. The standard InChI is InChI=1S/C27H18N3O.C13H12N.Ir/c1-16-6-8-20-14-18(9-11-24(20)29-16)19-12-13-28-25(15-19)23-5-3-4-21-22-10-7-17(2)30-27(22)31-26(21)23;1-10-3-6-12(7-4-10)13-8-5-11(2)9-14-13;/h3-4,6-15H,1-2H3;3-6,8-9H,1-2H3;/q2*-1;. The van der Waals surface area contributed by atoms with Gasteiger partial charge in [-0.1, -0.05) is 48.2 Å². The summed E-state index contributed by atoms with van der Waals surface area (Å²) >= 11 is 0. The molecule has 3 aromatic carbocycles. The van der Waals surface area contributed by atoms with Gasteiger partial charge in [0, 0.05) is 54.7 Å². The minimum absolute atomic E-state index is 0. The molecule has 5 nitrogen and oxygen atoms in total. The van der Waals surface area contributed by atoms with Crippen molar-refractivity contribution in [1.29, 1.82) is 0 Å². The van der Waals surface area contributed by atoms with Crippen molar-refractivity contribution in [3.05, 3.63) is 144 Å². The van der Waals surface area contributed by atoms with Gasteiger partial charge in [-0.15, -0.1) is 53.6 Å². The smallest absolute Gasteiger partial charge is 0.216 e. The Morgan fingerprint density at radius 2 is 1.43 bits per heavy atom. The number of benzene rings is 3. The van der Waals surface area contributed by atoms with Gasteiger partial charge in [0.1, 0.15) is 0 Å². The minimum Gasteiger partial charge on any atom is -0.486 e. The summed E-state index contributed by atoms with van der Waals surface area (Å²) in [5.41, 5.74) is 12.7. The fourth-order valence-corrected chi connectivity index (χ4v) is 5.35. The Kier molecular flexibility index (Phi) is 8.85. The molecule has 8 rings (SSSR count). The number of furan rings is 1. The molecule has 0 saturated heterocycles. The van der Waals surface area contributed by atoms with Crippen molar-refractivity contribution < 1.29 is 24.5 Å². The molecule has 5 heterocycles. The van der Waals surface area contributed by atoms with Gasteiger partial charge in [0.2, 0.25) is 5.71 Å². The van der Waals surface area contributed by atoms with Crippen LogP contribution in [0.3, 0.4) is 0 Å². The fourth-order valence-electron chi connectivity index (χ4n) is 5.35. The molecule has 0 N–H and O–H groups in total. The predicted molar refractivity (Wildman–Crippen MR) is 182 cm³/mol. The number of rotatable bonds is 3. The Hall–Kier alpha value is -5.03. The molecule has 0 aliphatic heterocycles. The van der Waals surface area contributed by atoms with Gasteiger partial charge < -0.3 is 14.4 Å². The molecule has 0 bridgehead atoms. The Bertz CT molecular complexity index is 2270. The second-order valence-corrected chi connectivity index (χ2v) is 11.3. The van der Waals surface area contributed by atoms with Crippen LogP contribution in [0.5, 0.6) is 0 Å². The van der Waals surface area contributed by atoms with E-state index < -0.39 is 0 Å². The maximum atomic E-state index is 6.14. The van der Waals surface area contributed by atoms with Crippen LogP contribution in [-0.2, 0) is 20.1 Å². The third-order valence-electron chi connectivity index (χ3n) is 7.77. The molecule has 1 radical (unpaired) electrons. The molecule has 0 saturated carbocycles. The zero-order valence-electron chi connectivity index (χ0n) is 25.9. The van der Waals surface area contributed by atoms with Crippen LogP contribution in [0.4, 0.5) is 0 Å². The first-order valence-electron chi connectivity index (χ1n) is 14.9. The van der Waals surface area contributed by atoms with Gasteiger partial charge in [0.05, 0.1) is 11.1 Å². The molecule has 227 valence electrons. The van der Waals surface area contributed by atoms with Crippen LogP contribution >= 0.6 is 0 Å². The van der Waals surface area contributed by atoms with Gasteiger partial charge >= 0.3 is 0 Å². The third-order valence-corrected chi connectivity index (χ3v) is 7.77. The summed E-state index contributed by atoms with van der Waals surface area (Å²) in [6.45, 7) is 8.07. The fraction of sp³-hybridized carbons (Fsp3) is 0.100. The molecule has 5 aromatic heterocycles. The van der Waals surface area contributed by atoms with Gasteiger partial charge in [-0.3, -0.25) is 4.98 Å². The van der Waals surface area contributed by atoms with Crippen molar-refractivity contribution in [2.24, 2.45) is 0 Å². The average molecular weight is 775 g/mol. The summed E-state index contributed by atoms with van der Waals surface area (Å²) in [5.74, 6) is 0. The van der Waals surface area contributed by atoms with Crippen LogP contribution < -0.4 is 0 Å². The zero-order chi connectivity index (χ0) is 30.9. The average Bonchev–Trinajstić information content (AvgIpc) is 3.43. The maximum absolute atomic E-state index is 6.14. The van der Waals surface area contributed by atoms with Crippen molar-refractivity contribution in [1.82, 2.24) is 19.9 Å². The van der Waals surface area contributed by atoms with Gasteiger partial charge in [0.25, 0.3) is 0 Å². The monoisotopic (exact) mass is 775 g/mol. The SMILES string of the molecule is Cc1c[c-]c(-c2ccc(C)cn2)cc1.Cc1ccc2cc(-c3ccnc(-c4[c-]ccc5c4oc4nc(C)ccc45)c3)ccc2n1.[Ir]. The Balaban J connectivity index is 0.000000209. The number of pyridine rings is 4. The summed E-state index contributed by atoms with van der Waals surface area (Å²) in [4.78, 5) is 18.1. The molecule has 0 unspecified atom stereocenters. The van der Waals surface area contributed by atoms with Gasteiger partial charge in [-0.05, 0) is 85.2 Å². The van der Waals surface area contributed by atoms with E-state index in [0.29, 0.717) is 5.71 Å². The third kappa shape index (κ3) is 6.36. The number of fused-ring (bicyclic) bond motifs is 4. The normalized spacial score (nSPS) is 10.9. The van der Waals surface area contributed by atoms with Gasteiger partial charge in [-0.2, -0.15) is 0 Å². The molecule has 0 fully saturated rings. The van der Waals surface area contributed by atoms with Crippen molar-refractivity contribution in [3.8, 4) is 33.6 Å². The molecule has 0 aliphatic carbocycles. The quantitative estimate of drug-likeness (QED) is 0.167. The Morgan fingerprint density at radius 1 is 0.630 bits per heavy atom. The van der Waals surface area contributed by atoms with Crippen molar-refractivity contribution >= 4 is 33.0 Å². The van der Waals surface area contributed by atoms with E-state index in [1.165, 1.54) is 11.1 Å². The van der Waals surface area contributed by atoms with Crippen LogP contribution in [0.15, 0.2) is 114 Å². The van der Waals surface area contributed by atoms with Crippen LogP contribution in [-0.4, -0.2) is 19.9 Å². The maximum Gasteiger partial charge on any atom is 0.216 e. The largest absolute Gasteiger partial charge is 0.486 e. The van der Waals surface area contributed by atoms with E-state index in [0.717, 1.165) is 72.3 Å². The van der Waals surface area contributed by atoms with E-state index in [9.17, 15) is 0 Å². The van der Waals surface area contributed by atoms with Crippen molar-refractivity contribution in [3.63, 3.8) is 0 Å². The number of nitrogens with zero attached hydrogens (tertiary/aromatic N) is 4. The molecule has 0 aliphatic rings. The summed E-state index contributed by atoms with van der Waals surface area (Å²) in [6.07, 6.45) is 3.71. The summed E-state index contributed by atoms with van der Waals surface area (Å²) < 4.78 is 6.14. The molecule has 0 amide bonds. The predicted octanol–water partition coefficient (Wildman–Crippen LogP) is 9.84. The van der Waals surface area contributed by atoms with E-state index in [4.69, 9.17) is 4.42 Å². The number of hydrogen-bond acceptors (Lipinski definition) is 5. The molecular weight excluding hydrogens is 745 g/mol. The van der Waals surface area contributed by atoms with E-state index in [1.807, 2.05) is 81.7 Å². The van der Waals surface area contributed by atoms with Crippen LogP contribution in [0, 0.1) is 39.8 Å². The molecule has 6 heteroatoms. The second-order valence-electron chi connectivity index (χ2n) is 11.3. The van der Waals surface area contributed by atoms with Gasteiger partial charge in [0.15, 0.2) is 0 Å². The summed E-state index contributed by atoms with van der Waals surface area (Å²) in [5, 5.41) is 3.15. The van der Waals surface area contributed by atoms with E-state index in [-0.39, 0.29) is 20.1 Å². The Morgan fingerprint density at radius 3 is 2.24 bits per heavy atom. The molecule has 8 aromatic rings. The van der Waals surface area contributed by atoms with E-state index in [2.05, 4.69) is 87.5 Å². The Labute approximate surface area is 281 Å². The number of aryl methyl sites for hydroxylation is 4. The number of aromatic nitrogens is 4. The first-order valence-corrected chi connectivity index (χ1v) is 14.9. The van der Waals surface area contributed by atoms with Gasteiger partial charge in [-0.25, -0.2) is 4.98 Å². The van der Waals surface area contributed by atoms with E-state index >= 15 is 0 Å².